The van der Waals surface area contributed by atoms with Crippen molar-refractivity contribution in [2.75, 3.05) is 26.2 Å². The molecule has 1 aliphatic heterocycles. The minimum absolute atomic E-state index is 0.113. The molecule has 0 radical (unpaired) electrons. The number of phenols is 2. The van der Waals surface area contributed by atoms with Gasteiger partial charge >= 0.3 is 0 Å². The average molecular weight is 362 g/mol. The minimum atomic E-state index is -0.122. The van der Waals surface area contributed by atoms with Gasteiger partial charge in [-0.15, -0.1) is 0 Å². The molecule has 0 aliphatic carbocycles. The van der Waals surface area contributed by atoms with Gasteiger partial charge in [-0.3, -0.25) is 5.01 Å². The smallest absolute Gasteiger partial charge is 0.158 e. The van der Waals surface area contributed by atoms with Crippen molar-refractivity contribution in [3.63, 3.8) is 0 Å². The monoisotopic (exact) mass is 362 g/mol. The number of piperazine rings is 1. The van der Waals surface area contributed by atoms with E-state index in [0.29, 0.717) is 0 Å². The third kappa shape index (κ3) is 4.04. The molecule has 0 bridgehead atoms. The number of nitrogens with zero attached hydrogens (tertiary/aromatic N) is 2. The van der Waals surface area contributed by atoms with Crippen LogP contribution in [0.4, 0.5) is 0 Å². The largest absolute Gasteiger partial charge is 0.504 e. The van der Waals surface area contributed by atoms with Gasteiger partial charge in [0, 0.05) is 5.56 Å². The molecule has 0 amide bonds. The quantitative estimate of drug-likeness (QED) is 0.491. The summed E-state index contributed by atoms with van der Waals surface area (Å²) in [6.45, 7) is 4.93. The van der Waals surface area contributed by atoms with E-state index in [1.165, 1.54) is 28.5 Å². The van der Waals surface area contributed by atoms with E-state index in [0.717, 1.165) is 38.3 Å². The summed E-state index contributed by atoms with van der Waals surface area (Å²) in [4.78, 5) is 1.57. The van der Waals surface area contributed by atoms with Gasteiger partial charge in [-0.25, -0.2) is 0 Å². The molecule has 27 heavy (non-hydrogen) atoms. The van der Waals surface area contributed by atoms with E-state index in [1.54, 1.807) is 17.2 Å². The van der Waals surface area contributed by atoms with Crippen LogP contribution in [0.5, 0.6) is 11.5 Å². The highest BCUT2D eigenvalue weighted by Crippen LogP contribution is 2.24. The molecule has 5 nitrogen and oxygen atoms in total. The molecule has 3 aromatic rings. The Morgan fingerprint density at radius 1 is 0.926 bits per heavy atom. The standard InChI is InChI=1S/C22H23N3O2/c26-21-9-8-17(14-22(21)27)15-23-25-12-10-24(11-13-25)16-19-6-3-5-18-4-1-2-7-20(18)19/h1-9,14-15,26-27H,10-13,16H2/p+1. The fourth-order valence-corrected chi connectivity index (χ4v) is 3.59. The van der Waals surface area contributed by atoms with Crippen LogP contribution in [0.15, 0.2) is 65.8 Å². The zero-order valence-electron chi connectivity index (χ0n) is 15.2. The van der Waals surface area contributed by atoms with Crippen molar-refractivity contribution in [1.82, 2.24) is 5.01 Å². The Morgan fingerprint density at radius 3 is 2.52 bits per heavy atom. The predicted molar refractivity (Wildman–Crippen MR) is 107 cm³/mol. The van der Waals surface area contributed by atoms with Crippen molar-refractivity contribution in [2.45, 2.75) is 6.54 Å². The Bertz CT molecular complexity index is 957. The summed E-state index contributed by atoms with van der Waals surface area (Å²) >= 11 is 0. The second-order valence-corrected chi connectivity index (χ2v) is 7.01. The van der Waals surface area contributed by atoms with Crippen LogP contribution in [0.1, 0.15) is 11.1 Å². The van der Waals surface area contributed by atoms with E-state index in [-0.39, 0.29) is 11.5 Å². The summed E-state index contributed by atoms with van der Waals surface area (Å²) in [6.07, 6.45) is 1.73. The number of hydrazone groups is 1. The Labute approximate surface area is 158 Å². The molecule has 1 saturated heterocycles. The summed E-state index contributed by atoms with van der Waals surface area (Å²) in [7, 11) is 0. The molecule has 0 saturated carbocycles. The summed E-state index contributed by atoms with van der Waals surface area (Å²) in [5, 5.41) is 28.2. The van der Waals surface area contributed by atoms with E-state index in [9.17, 15) is 10.2 Å². The van der Waals surface area contributed by atoms with Gasteiger partial charge in [-0.2, -0.15) is 5.10 Å². The van der Waals surface area contributed by atoms with Crippen molar-refractivity contribution in [1.29, 1.82) is 0 Å². The van der Waals surface area contributed by atoms with Crippen molar-refractivity contribution < 1.29 is 15.1 Å². The number of benzene rings is 3. The fraction of sp³-hybridized carbons (Fsp3) is 0.227. The third-order valence-electron chi connectivity index (χ3n) is 5.14. The summed E-state index contributed by atoms with van der Waals surface area (Å²) in [6, 6.07) is 19.8. The number of phenolic OH excluding ortho intramolecular Hbond substituents is 2. The van der Waals surface area contributed by atoms with E-state index < -0.39 is 0 Å². The fourth-order valence-electron chi connectivity index (χ4n) is 3.59. The maximum absolute atomic E-state index is 9.56. The highest BCUT2D eigenvalue weighted by atomic mass is 16.3. The Hall–Kier alpha value is -3.05. The molecular formula is C22H24N3O2+. The van der Waals surface area contributed by atoms with Crippen LogP contribution in [0.3, 0.4) is 0 Å². The molecule has 138 valence electrons. The maximum Gasteiger partial charge on any atom is 0.158 e. The second-order valence-electron chi connectivity index (χ2n) is 7.01. The summed E-state index contributed by atoms with van der Waals surface area (Å²) < 4.78 is 0. The molecule has 0 unspecified atom stereocenters. The van der Waals surface area contributed by atoms with Crippen LogP contribution in [0.25, 0.3) is 10.8 Å². The van der Waals surface area contributed by atoms with Crippen LogP contribution in [0.2, 0.25) is 0 Å². The van der Waals surface area contributed by atoms with Crippen LogP contribution >= 0.6 is 0 Å². The van der Waals surface area contributed by atoms with Crippen molar-refractivity contribution in [2.24, 2.45) is 5.10 Å². The molecule has 5 heteroatoms. The third-order valence-corrected chi connectivity index (χ3v) is 5.14. The first-order chi connectivity index (χ1) is 13.2. The SMILES string of the molecule is Oc1ccc(C=NN2CC[NH+](Cc3cccc4ccccc34)CC2)cc1O. The number of aromatic hydroxyl groups is 2. The minimum Gasteiger partial charge on any atom is -0.504 e. The number of rotatable bonds is 4. The average Bonchev–Trinajstić information content (AvgIpc) is 2.70. The maximum atomic E-state index is 9.56. The van der Waals surface area contributed by atoms with Crippen LogP contribution in [-0.2, 0) is 6.54 Å². The molecule has 4 rings (SSSR count). The predicted octanol–water partition coefficient (Wildman–Crippen LogP) is 1.99. The van der Waals surface area contributed by atoms with Crippen molar-refractivity contribution in [3.05, 3.63) is 71.8 Å². The molecule has 0 spiro atoms. The first-order valence-corrected chi connectivity index (χ1v) is 9.30. The van der Waals surface area contributed by atoms with Crippen molar-refractivity contribution in [3.8, 4) is 11.5 Å². The van der Waals surface area contributed by atoms with E-state index in [2.05, 4.69) is 52.6 Å². The van der Waals surface area contributed by atoms with Crippen LogP contribution < -0.4 is 4.90 Å². The van der Waals surface area contributed by atoms with Crippen LogP contribution in [-0.4, -0.2) is 47.6 Å². The van der Waals surface area contributed by atoms with Crippen molar-refractivity contribution >= 4 is 17.0 Å². The summed E-state index contributed by atoms with van der Waals surface area (Å²) in [5.74, 6) is -0.235. The number of quaternary nitrogens is 1. The van der Waals surface area contributed by atoms with Gasteiger partial charge in [0.1, 0.15) is 6.54 Å². The van der Waals surface area contributed by atoms with Gasteiger partial charge in [0.15, 0.2) is 11.5 Å². The summed E-state index contributed by atoms with van der Waals surface area (Å²) in [5.41, 5.74) is 2.18. The van der Waals surface area contributed by atoms with Gasteiger partial charge in [0.05, 0.1) is 32.4 Å². The molecule has 0 atom stereocenters. The van der Waals surface area contributed by atoms with Gasteiger partial charge < -0.3 is 15.1 Å². The lowest BCUT2D eigenvalue weighted by Gasteiger charge is -2.30. The lowest BCUT2D eigenvalue weighted by atomic mass is 10.0. The van der Waals surface area contributed by atoms with Crippen LogP contribution in [0, 0.1) is 0 Å². The molecular weight excluding hydrogens is 338 g/mol. The topological polar surface area (TPSA) is 60.5 Å². The molecule has 1 aliphatic rings. The van der Waals surface area contributed by atoms with E-state index >= 15 is 0 Å². The molecule has 3 N–H and O–H groups in total. The molecule has 1 heterocycles. The molecule has 0 aromatic heterocycles. The molecule has 3 aromatic carbocycles. The number of hydrogen-bond donors (Lipinski definition) is 3. The van der Waals surface area contributed by atoms with Gasteiger partial charge in [0.2, 0.25) is 0 Å². The van der Waals surface area contributed by atoms with Gasteiger partial charge in [0.25, 0.3) is 0 Å². The molecule has 1 fully saturated rings. The highest BCUT2D eigenvalue weighted by molar-refractivity contribution is 5.85. The zero-order valence-corrected chi connectivity index (χ0v) is 15.2. The first-order valence-electron chi connectivity index (χ1n) is 9.30. The van der Waals surface area contributed by atoms with E-state index in [1.807, 2.05) is 0 Å². The number of nitrogens with one attached hydrogen (secondary N) is 1. The Kier molecular flexibility index (Phi) is 4.94. The first kappa shape index (κ1) is 17.4. The van der Waals surface area contributed by atoms with E-state index in [4.69, 9.17) is 0 Å². The lowest BCUT2D eigenvalue weighted by molar-refractivity contribution is -0.918. The number of hydrogen-bond acceptors (Lipinski definition) is 4. The second kappa shape index (κ2) is 7.68. The highest BCUT2D eigenvalue weighted by Gasteiger charge is 2.19. The Balaban J connectivity index is 1.36. The Morgan fingerprint density at radius 2 is 1.70 bits per heavy atom. The zero-order chi connectivity index (χ0) is 18.6. The van der Waals surface area contributed by atoms with Gasteiger partial charge in [-0.05, 0) is 34.5 Å². The normalized spacial score (nSPS) is 15.6. The lowest BCUT2D eigenvalue weighted by Crippen LogP contribution is -3.13. The number of fused-ring (bicyclic) bond motifs is 1. The van der Waals surface area contributed by atoms with Gasteiger partial charge in [-0.1, -0.05) is 42.5 Å².